The number of alkyl halides is 1. The van der Waals surface area contributed by atoms with Crippen LogP contribution in [0.3, 0.4) is 0 Å². The first-order chi connectivity index (χ1) is 9.22. The summed E-state index contributed by atoms with van der Waals surface area (Å²) in [6, 6.07) is 15.3. The molecular weight excluding hydrogens is 309 g/mol. The predicted octanol–water partition coefficient (Wildman–Crippen LogP) is 3.69. The molecule has 1 unspecified atom stereocenters. The molecule has 98 valence electrons. The Bertz CT molecular complexity index is 559. The van der Waals surface area contributed by atoms with Gasteiger partial charge in [0.15, 0.2) is 0 Å². The third kappa shape index (κ3) is 3.41. The average Bonchev–Trinajstić information content (AvgIpc) is 2.46. The minimum atomic E-state index is -0.513. The SMILES string of the molecule is O=C(NC(CBr)c1ccccc1)c1ccccc1F. The van der Waals surface area contributed by atoms with E-state index < -0.39 is 11.7 Å². The van der Waals surface area contributed by atoms with E-state index in [1.54, 1.807) is 12.1 Å². The molecule has 0 fully saturated rings. The van der Waals surface area contributed by atoms with E-state index >= 15 is 0 Å². The highest BCUT2D eigenvalue weighted by Crippen LogP contribution is 2.16. The Morgan fingerprint density at radius 2 is 1.74 bits per heavy atom. The lowest BCUT2D eigenvalue weighted by Crippen LogP contribution is -2.30. The Labute approximate surface area is 119 Å². The van der Waals surface area contributed by atoms with Crippen molar-refractivity contribution >= 4 is 21.8 Å². The minimum Gasteiger partial charge on any atom is -0.344 e. The quantitative estimate of drug-likeness (QED) is 0.855. The molecular formula is C15H13BrFNO. The van der Waals surface area contributed by atoms with Crippen molar-refractivity contribution in [2.24, 2.45) is 0 Å². The van der Waals surface area contributed by atoms with Gasteiger partial charge in [0.25, 0.3) is 5.91 Å². The van der Waals surface area contributed by atoms with Gasteiger partial charge in [-0.2, -0.15) is 0 Å². The van der Waals surface area contributed by atoms with E-state index in [-0.39, 0.29) is 11.6 Å². The van der Waals surface area contributed by atoms with Crippen LogP contribution in [-0.4, -0.2) is 11.2 Å². The van der Waals surface area contributed by atoms with E-state index in [1.807, 2.05) is 30.3 Å². The normalized spacial score (nSPS) is 11.9. The number of rotatable bonds is 4. The van der Waals surface area contributed by atoms with E-state index in [0.29, 0.717) is 5.33 Å². The zero-order chi connectivity index (χ0) is 13.7. The molecule has 0 saturated heterocycles. The summed E-state index contributed by atoms with van der Waals surface area (Å²) in [5, 5.41) is 3.38. The van der Waals surface area contributed by atoms with Crippen molar-refractivity contribution in [1.29, 1.82) is 0 Å². The van der Waals surface area contributed by atoms with Gasteiger partial charge in [0.1, 0.15) is 5.82 Å². The Morgan fingerprint density at radius 1 is 1.11 bits per heavy atom. The van der Waals surface area contributed by atoms with Crippen LogP contribution in [0.5, 0.6) is 0 Å². The molecule has 4 heteroatoms. The molecule has 0 heterocycles. The van der Waals surface area contributed by atoms with Gasteiger partial charge >= 0.3 is 0 Å². The molecule has 1 N–H and O–H groups in total. The number of nitrogens with one attached hydrogen (secondary N) is 1. The fourth-order valence-corrected chi connectivity index (χ4v) is 2.31. The smallest absolute Gasteiger partial charge is 0.254 e. The Hall–Kier alpha value is -1.68. The zero-order valence-electron chi connectivity index (χ0n) is 10.1. The molecule has 0 aliphatic rings. The molecule has 2 aromatic rings. The van der Waals surface area contributed by atoms with Crippen molar-refractivity contribution in [2.75, 3.05) is 5.33 Å². The summed E-state index contributed by atoms with van der Waals surface area (Å²) in [6.45, 7) is 0. The fourth-order valence-electron chi connectivity index (χ4n) is 1.78. The highest BCUT2D eigenvalue weighted by Gasteiger charge is 2.16. The third-order valence-electron chi connectivity index (χ3n) is 2.78. The van der Waals surface area contributed by atoms with Gasteiger partial charge in [0.05, 0.1) is 11.6 Å². The molecule has 0 bridgehead atoms. The number of hydrogen-bond donors (Lipinski definition) is 1. The van der Waals surface area contributed by atoms with Gasteiger partial charge in [0, 0.05) is 5.33 Å². The molecule has 19 heavy (non-hydrogen) atoms. The first-order valence-corrected chi connectivity index (χ1v) is 7.01. The molecule has 0 aliphatic carbocycles. The molecule has 0 saturated carbocycles. The molecule has 2 nitrogen and oxygen atoms in total. The van der Waals surface area contributed by atoms with Crippen molar-refractivity contribution in [2.45, 2.75) is 6.04 Å². The summed E-state index contributed by atoms with van der Waals surface area (Å²) in [5.74, 6) is -0.923. The van der Waals surface area contributed by atoms with Crippen LogP contribution in [0, 0.1) is 5.82 Å². The summed E-state index contributed by atoms with van der Waals surface area (Å²) in [6.07, 6.45) is 0. The fraction of sp³-hybridized carbons (Fsp3) is 0.133. The van der Waals surface area contributed by atoms with Crippen molar-refractivity contribution < 1.29 is 9.18 Å². The van der Waals surface area contributed by atoms with Gasteiger partial charge in [-0.25, -0.2) is 4.39 Å². The van der Waals surface area contributed by atoms with E-state index in [1.165, 1.54) is 12.1 Å². The standard InChI is InChI=1S/C15H13BrFNO/c16-10-14(11-6-2-1-3-7-11)18-15(19)12-8-4-5-9-13(12)17/h1-9,14H,10H2,(H,18,19). The molecule has 0 spiro atoms. The van der Waals surface area contributed by atoms with Gasteiger partial charge in [-0.3, -0.25) is 4.79 Å². The van der Waals surface area contributed by atoms with Gasteiger partial charge in [0.2, 0.25) is 0 Å². The topological polar surface area (TPSA) is 29.1 Å². The molecule has 1 amide bonds. The number of amides is 1. The Morgan fingerprint density at radius 3 is 2.37 bits per heavy atom. The van der Waals surface area contributed by atoms with Gasteiger partial charge < -0.3 is 5.32 Å². The van der Waals surface area contributed by atoms with Crippen LogP contribution in [0.15, 0.2) is 54.6 Å². The van der Waals surface area contributed by atoms with Crippen molar-refractivity contribution in [3.05, 3.63) is 71.5 Å². The number of carbonyl (C=O) groups is 1. The largest absolute Gasteiger partial charge is 0.344 e. The van der Waals surface area contributed by atoms with Crippen LogP contribution in [-0.2, 0) is 0 Å². The van der Waals surface area contributed by atoms with Crippen molar-refractivity contribution in [3.63, 3.8) is 0 Å². The van der Waals surface area contributed by atoms with Gasteiger partial charge in [-0.1, -0.05) is 58.4 Å². The highest BCUT2D eigenvalue weighted by atomic mass is 79.9. The zero-order valence-corrected chi connectivity index (χ0v) is 11.7. The van der Waals surface area contributed by atoms with E-state index in [0.717, 1.165) is 5.56 Å². The lowest BCUT2D eigenvalue weighted by atomic mass is 10.1. The van der Waals surface area contributed by atoms with Crippen LogP contribution in [0.4, 0.5) is 4.39 Å². The summed E-state index contributed by atoms with van der Waals surface area (Å²) >= 11 is 3.36. The lowest BCUT2D eigenvalue weighted by Gasteiger charge is -2.16. The predicted molar refractivity (Wildman–Crippen MR) is 76.8 cm³/mol. The van der Waals surface area contributed by atoms with E-state index in [2.05, 4.69) is 21.2 Å². The van der Waals surface area contributed by atoms with Gasteiger partial charge in [-0.15, -0.1) is 0 Å². The average molecular weight is 322 g/mol. The monoisotopic (exact) mass is 321 g/mol. The summed E-state index contributed by atoms with van der Waals surface area (Å²) in [7, 11) is 0. The minimum absolute atomic E-state index is 0.0596. The molecule has 2 aromatic carbocycles. The number of hydrogen-bond acceptors (Lipinski definition) is 1. The van der Waals surface area contributed by atoms with Crippen LogP contribution >= 0.6 is 15.9 Å². The highest BCUT2D eigenvalue weighted by molar-refractivity contribution is 9.09. The maximum Gasteiger partial charge on any atom is 0.254 e. The molecule has 0 aromatic heterocycles. The maximum absolute atomic E-state index is 13.5. The van der Waals surface area contributed by atoms with E-state index in [4.69, 9.17) is 0 Å². The lowest BCUT2D eigenvalue weighted by molar-refractivity contribution is 0.0936. The van der Waals surface area contributed by atoms with Crippen LogP contribution < -0.4 is 5.32 Å². The van der Waals surface area contributed by atoms with Crippen LogP contribution in [0.2, 0.25) is 0 Å². The van der Waals surface area contributed by atoms with Crippen LogP contribution in [0.1, 0.15) is 22.0 Å². The first kappa shape index (κ1) is 13.7. The molecule has 2 rings (SSSR count). The summed E-state index contributed by atoms with van der Waals surface area (Å²) in [4.78, 5) is 12.0. The van der Waals surface area contributed by atoms with Gasteiger partial charge in [-0.05, 0) is 17.7 Å². The maximum atomic E-state index is 13.5. The van der Waals surface area contributed by atoms with Crippen LogP contribution in [0.25, 0.3) is 0 Å². The Balaban J connectivity index is 2.16. The second kappa shape index (κ2) is 6.48. The molecule has 0 aliphatic heterocycles. The summed E-state index contributed by atoms with van der Waals surface area (Å²) in [5.41, 5.74) is 1.04. The molecule has 0 radical (unpaired) electrons. The number of halogens is 2. The molecule has 1 atom stereocenters. The third-order valence-corrected chi connectivity index (χ3v) is 3.43. The summed E-state index contributed by atoms with van der Waals surface area (Å²) < 4.78 is 13.5. The first-order valence-electron chi connectivity index (χ1n) is 5.88. The second-order valence-electron chi connectivity index (χ2n) is 4.07. The Kier molecular flexibility index (Phi) is 4.68. The second-order valence-corrected chi connectivity index (χ2v) is 4.72. The number of carbonyl (C=O) groups excluding carboxylic acids is 1. The number of benzene rings is 2. The van der Waals surface area contributed by atoms with Crippen molar-refractivity contribution in [1.82, 2.24) is 5.32 Å². The van der Waals surface area contributed by atoms with Crippen molar-refractivity contribution in [3.8, 4) is 0 Å². The van der Waals surface area contributed by atoms with E-state index in [9.17, 15) is 9.18 Å².